The van der Waals surface area contributed by atoms with Gasteiger partial charge in [0.1, 0.15) is 0 Å². The minimum absolute atomic E-state index is 0.152. The highest BCUT2D eigenvalue weighted by atomic mass is 16.2. The van der Waals surface area contributed by atoms with E-state index in [1.807, 2.05) is 0 Å². The SMILES string of the molecule is CCCCCCCCCCCCN(C=O)C(C)=O. The highest BCUT2D eigenvalue weighted by Crippen LogP contribution is 2.10. The number of carbonyl (C=O) groups is 2. The van der Waals surface area contributed by atoms with Crippen LogP contribution >= 0.6 is 0 Å². The molecule has 0 aromatic heterocycles. The maximum absolute atomic E-state index is 11.0. The van der Waals surface area contributed by atoms with Crippen LogP contribution in [0.5, 0.6) is 0 Å². The summed E-state index contributed by atoms with van der Waals surface area (Å²) in [6.07, 6.45) is 13.3. The maximum atomic E-state index is 11.0. The van der Waals surface area contributed by atoms with E-state index >= 15 is 0 Å². The second-order valence-electron chi connectivity index (χ2n) is 5.00. The molecule has 0 aliphatic heterocycles. The van der Waals surface area contributed by atoms with Crippen LogP contribution in [-0.2, 0) is 9.59 Å². The van der Waals surface area contributed by atoms with Crippen LogP contribution in [0.25, 0.3) is 0 Å². The standard InChI is InChI=1S/C15H29NO2/c1-3-4-5-6-7-8-9-10-11-12-13-16(14-17)15(2)18/h14H,3-13H2,1-2H3. The number of imide groups is 1. The van der Waals surface area contributed by atoms with Crippen LogP contribution in [0.2, 0.25) is 0 Å². The average Bonchev–Trinajstić information content (AvgIpc) is 2.35. The number of unbranched alkanes of at least 4 members (excludes halogenated alkanes) is 9. The van der Waals surface area contributed by atoms with Gasteiger partial charge < -0.3 is 0 Å². The third-order valence-corrected chi connectivity index (χ3v) is 3.28. The molecule has 0 fully saturated rings. The molecule has 0 unspecified atom stereocenters. The lowest BCUT2D eigenvalue weighted by atomic mass is 10.1. The third kappa shape index (κ3) is 10.3. The van der Waals surface area contributed by atoms with Gasteiger partial charge in [-0.15, -0.1) is 0 Å². The molecule has 0 rings (SSSR count). The quantitative estimate of drug-likeness (QED) is 0.391. The van der Waals surface area contributed by atoms with E-state index < -0.39 is 0 Å². The summed E-state index contributed by atoms with van der Waals surface area (Å²) >= 11 is 0. The Kier molecular flexibility index (Phi) is 12.0. The van der Waals surface area contributed by atoms with Crippen LogP contribution in [0, 0.1) is 0 Å². The van der Waals surface area contributed by atoms with Gasteiger partial charge in [-0.3, -0.25) is 14.5 Å². The van der Waals surface area contributed by atoms with Crippen molar-refractivity contribution in [1.82, 2.24) is 4.90 Å². The van der Waals surface area contributed by atoms with Crippen molar-refractivity contribution in [2.75, 3.05) is 6.54 Å². The molecule has 0 saturated carbocycles. The molecule has 0 radical (unpaired) electrons. The number of hydrogen-bond donors (Lipinski definition) is 0. The molecule has 3 heteroatoms. The Hall–Kier alpha value is -0.860. The molecular formula is C15H29NO2. The van der Waals surface area contributed by atoms with E-state index in [1.54, 1.807) is 0 Å². The van der Waals surface area contributed by atoms with Gasteiger partial charge in [0, 0.05) is 13.5 Å². The molecule has 106 valence electrons. The Morgan fingerprint density at radius 1 is 0.889 bits per heavy atom. The van der Waals surface area contributed by atoms with Crippen LogP contribution in [-0.4, -0.2) is 23.8 Å². The molecule has 0 atom stereocenters. The maximum Gasteiger partial charge on any atom is 0.225 e. The van der Waals surface area contributed by atoms with Crippen molar-refractivity contribution in [3.05, 3.63) is 0 Å². The van der Waals surface area contributed by atoms with Crippen molar-refractivity contribution >= 4 is 12.3 Å². The lowest BCUT2D eigenvalue weighted by molar-refractivity contribution is -0.136. The van der Waals surface area contributed by atoms with E-state index in [0.29, 0.717) is 13.0 Å². The Balaban J connectivity index is 3.20. The summed E-state index contributed by atoms with van der Waals surface area (Å²) in [5.74, 6) is -0.152. The van der Waals surface area contributed by atoms with Crippen LogP contribution in [0.15, 0.2) is 0 Å². The summed E-state index contributed by atoms with van der Waals surface area (Å²) in [5, 5.41) is 0. The average molecular weight is 255 g/mol. The van der Waals surface area contributed by atoms with Gasteiger partial charge in [-0.2, -0.15) is 0 Å². The number of hydrogen-bond acceptors (Lipinski definition) is 2. The predicted octanol–water partition coefficient (Wildman–Crippen LogP) is 3.91. The molecule has 0 saturated heterocycles. The fraction of sp³-hybridized carbons (Fsp3) is 0.867. The normalized spacial score (nSPS) is 10.3. The first-order valence-electron chi connectivity index (χ1n) is 7.44. The number of rotatable bonds is 12. The van der Waals surface area contributed by atoms with E-state index in [9.17, 15) is 9.59 Å². The number of carbonyl (C=O) groups excluding carboxylic acids is 2. The summed E-state index contributed by atoms with van der Waals surface area (Å²) in [6.45, 7) is 4.25. The molecule has 0 heterocycles. The van der Waals surface area contributed by atoms with Crippen molar-refractivity contribution in [2.45, 2.75) is 78.1 Å². The molecule has 18 heavy (non-hydrogen) atoms. The highest BCUT2D eigenvalue weighted by molar-refractivity contribution is 5.83. The van der Waals surface area contributed by atoms with Crippen molar-refractivity contribution < 1.29 is 9.59 Å². The Labute approximate surface area is 112 Å². The molecule has 0 spiro atoms. The lowest BCUT2D eigenvalue weighted by Crippen LogP contribution is -2.27. The molecular weight excluding hydrogens is 226 g/mol. The number of nitrogens with zero attached hydrogens (tertiary/aromatic N) is 1. The zero-order valence-corrected chi connectivity index (χ0v) is 12.1. The van der Waals surface area contributed by atoms with Crippen LogP contribution in [0.3, 0.4) is 0 Å². The zero-order valence-electron chi connectivity index (χ0n) is 12.1. The lowest BCUT2D eigenvalue weighted by Gasteiger charge is -2.12. The van der Waals surface area contributed by atoms with E-state index in [2.05, 4.69) is 6.92 Å². The van der Waals surface area contributed by atoms with E-state index in [4.69, 9.17) is 0 Å². The first-order chi connectivity index (χ1) is 8.72. The second-order valence-corrected chi connectivity index (χ2v) is 5.00. The first kappa shape index (κ1) is 17.1. The number of amides is 2. The molecule has 0 aromatic carbocycles. The zero-order chi connectivity index (χ0) is 13.6. The van der Waals surface area contributed by atoms with Gasteiger partial charge in [0.05, 0.1) is 0 Å². The molecule has 0 aliphatic rings. The van der Waals surface area contributed by atoms with Gasteiger partial charge in [-0.25, -0.2) is 0 Å². The molecule has 0 N–H and O–H groups in total. The van der Waals surface area contributed by atoms with Crippen LogP contribution in [0.4, 0.5) is 0 Å². The van der Waals surface area contributed by atoms with Gasteiger partial charge >= 0.3 is 0 Å². The Bertz CT molecular complexity index is 217. The second kappa shape index (κ2) is 12.6. The molecule has 2 amide bonds. The Morgan fingerprint density at radius 2 is 1.33 bits per heavy atom. The largest absolute Gasteiger partial charge is 0.286 e. The minimum atomic E-state index is -0.152. The van der Waals surface area contributed by atoms with Gasteiger partial charge in [0.2, 0.25) is 12.3 Å². The van der Waals surface area contributed by atoms with Gasteiger partial charge in [0.25, 0.3) is 0 Å². The smallest absolute Gasteiger partial charge is 0.225 e. The van der Waals surface area contributed by atoms with Crippen LogP contribution < -0.4 is 0 Å². The fourth-order valence-electron chi connectivity index (χ4n) is 2.05. The van der Waals surface area contributed by atoms with E-state index in [-0.39, 0.29) is 5.91 Å². The van der Waals surface area contributed by atoms with Crippen molar-refractivity contribution in [3.63, 3.8) is 0 Å². The molecule has 0 bridgehead atoms. The van der Waals surface area contributed by atoms with Crippen molar-refractivity contribution in [3.8, 4) is 0 Å². The summed E-state index contributed by atoms with van der Waals surface area (Å²) < 4.78 is 0. The summed E-state index contributed by atoms with van der Waals surface area (Å²) in [6, 6.07) is 0. The topological polar surface area (TPSA) is 37.4 Å². The van der Waals surface area contributed by atoms with Gasteiger partial charge in [0.15, 0.2) is 0 Å². The van der Waals surface area contributed by atoms with Gasteiger partial charge in [-0.05, 0) is 6.42 Å². The van der Waals surface area contributed by atoms with Gasteiger partial charge in [-0.1, -0.05) is 64.7 Å². The molecule has 3 nitrogen and oxygen atoms in total. The summed E-state index contributed by atoms with van der Waals surface area (Å²) in [5.41, 5.74) is 0. The van der Waals surface area contributed by atoms with E-state index in [0.717, 1.165) is 12.8 Å². The Morgan fingerprint density at radius 3 is 1.72 bits per heavy atom. The molecule has 0 aromatic rings. The van der Waals surface area contributed by atoms with Crippen molar-refractivity contribution in [2.24, 2.45) is 0 Å². The minimum Gasteiger partial charge on any atom is -0.286 e. The summed E-state index contributed by atoms with van der Waals surface area (Å²) in [7, 11) is 0. The van der Waals surface area contributed by atoms with Crippen LogP contribution in [0.1, 0.15) is 78.1 Å². The van der Waals surface area contributed by atoms with E-state index in [1.165, 1.54) is 63.2 Å². The molecule has 0 aliphatic carbocycles. The summed E-state index contributed by atoms with van der Waals surface area (Å²) in [4.78, 5) is 22.8. The predicted molar refractivity (Wildman–Crippen MR) is 75.3 cm³/mol. The monoisotopic (exact) mass is 255 g/mol. The highest BCUT2D eigenvalue weighted by Gasteiger charge is 2.05. The first-order valence-corrected chi connectivity index (χ1v) is 7.44. The fourth-order valence-corrected chi connectivity index (χ4v) is 2.05. The third-order valence-electron chi connectivity index (χ3n) is 3.28. The van der Waals surface area contributed by atoms with Crippen molar-refractivity contribution in [1.29, 1.82) is 0 Å².